The van der Waals surface area contributed by atoms with Gasteiger partial charge in [0.05, 0.1) is 19.9 Å². The summed E-state index contributed by atoms with van der Waals surface area (Å²) < 4.78 is 10.5. The number of ether oxygens (including phenoxy) is 2. The summed E-state index contributed by atoms with van der Waals surface area (Å²) in [5.41, 5.74) is 1.64. The smallest absolute Gasteiger partial charge is 0.142 e. The van der Waals surface area contributed by atoms with E-state index in [9.17, 15) is 0 Å². The van der Waals surface area contributed by atoms with Crippen molar-refractivity contribution in [3.8, 4) is 11.5 Å². The number of hydrogen-bond donors (Lipinski definition) is 1. The first-order valence-corrected chi connectivity index (χ1v) is 6.71. The van der Waals surface area contributed by atoms with Gasteiger partial charge in [-0.3, -0.25) is 0 Å². The summed E-state index contributed by atoms with van der Waals surface area (Å²) in [5, 5.41) is 3.83. The predicted molar refractivity (Wildman–Crippen MR) is 86.3 cm³/mol. The van der Waals surface area contributed by atoms with Crippen molar-refractivity contribution < 1.29 is 9.47 Å². The molecule has 0 heterocycles. The Morgan fingerprint density at radius 3 is 2.35 bits per heavy atom. The van der Waals surface area contributed by atoms with E-state index >= 15 is 0 Å². The molecule has 0 aliphatic heterocycles. The molecule has 3 nitrogen and oxygen atoms in total. The van der Waals surface area contributed by atoms with Gasteiger partial charge in [0.2, 0.25) is 0 Å². The van der Waals surface area contributed by atoms with E-state index in [0.29, 0.717) is 15.8 Å². The normalized spacial score (nSPS) is 9.95. The van der Waals surface area contributed by atoms with Gasteiger partial charge in [0.25, 0.3) is 0 Å². The Balaban J connectivity index is 2.24. The van der Waals surface area contributed by atoms with Crippen molar-refractivity contribution in [2.24, 2.45) is 0 Å². The molecule has 2 rings (SSSR count). The zero-order valence-corrected chi connectivity index (χ0v) is 12.7. The van der Waals surface area contributed by atoms with E-state index in [1.807, 2.05) is 30.3 Å². The molecule has 0 aliphatic rings. The van der Waals surface area contributed by atoms with Crippen molar-refractivity contribution in [3.63, 3.8) is 0 Å². The number of benzene rings is 2. The van der Waals surface area contributed by atoms with Crippen LogP contribution < -0.4 is 14.8 Å². The molecule has 0 unspecified atom stereocenters. The number of thiocarbonyl (C=S) groups is 1. The molecule has 1 N–H and O–H groups in total. The summed E-state index contributed by atoms with van der Waals surface area (Å²) >= 11 is 11.2. The fourth-order valence-corrected chi connectivity index (χ4v) is 2.08. The minimum absolute atomic E-state index is 0.591. The topological polar surface area (TPSA) is 30.5 Å². The van der Waals surface area contributed by atoms with Gasteiger partial charge >= 0.3 is 0 Å². The molecule has 0 aliphatic carbocycles. The maximum Gasteiger partial charge on any atom is 0.142 e. The van der Waals surface area contributed by atoms with Crippen LogP contribution in [0.4, 0.5) is 5.69 Å². The molecule has 0 saturated carbocycles. The Morgan fingerprint density at radius 1 is 1.05 bits per heavy atom. The van der Waals surface area contributed by atoms with Gasteiger partial charge in [-0.05, 0) is 24.3 Å². The minimum Gasteiger partial charge on any atom is -0.497 e. The second kappa shape index (κ2) is 6.59. The van der Waals surface area contributed by atoms with Crippen LogP contribution in [0.1, 0.15) is 5.56 Å². The minimum atomic E-state index is 0.591. The van der Waals surface area contributed by atoms with Gasteiger partial charge in [-0.2, -0.15) is 0 Å². The summed E-state index contributed by atoms with van der Waals surface area (Å²) in [6.45, 7) is 0. The third-order valence-corrected chi connectivity index (χ3v) is 3.35. The quantitative estimate of drug-likeness (QED) is 0.860. The molecule has 20 heavy (non-hydrogen) atoms. The first-order valence-electron chi connectivity index (χ1n) is 5.93. The van der Waals surface area contributed by atoms with Gasteiger partial charge in [-0.25, -0.2) is 0 Å². The van der Waals surface area contributed by atoms with Crippen LogP contribution in [0.5, 0.6) is 11.5 Å². The van der Waals surface area contributed by atoms with E-state index in [-0.39, 0.29) is 0 Å². The molecule has 0 amide bonds. The monoisotopic (exact) mass is 307 g/mol. The summed E-state index contributed by atoms with van der Waals surface area (Å²) in [4.78, 5) is 0.591. The van der Waals surface area contributed by atoms with Gasteiger partial charge in [0.1, 0.15) is 16.5 Å². The molecule has 0 atom stereocenters. The van der Waals surface area contributed by atoms with E-state index in [4.69, 9.17) is 33.3 Å². The summed E-state index contributed by atoms with van der Waals surface area (Å²) in [5.74, 6) is 1.43. The van der Waals surface area contributed by atoms with Crippen molar-refractivity contribution in [2.75, 3.05) is 19.5 Å². The number of halogens is 1. The number of hydrogen-bond acceptors (Lipinski definition) is 3. The van der Waals surface area contributed by atoms with Gasteiger partial charge in [0.15, 0.2) is 0 Å². The molecule has 0 bridgehead atoms. The molecule has 2 aromatic carbocycles. The Hall–Kier alpha value is -1.78. The number of methoxy groups -OCH3 is 2. The lowest BCUT2D eigenvalue weighted by atomic mass is 10.2. The van der Waals surface area contributed by atoms with Crippen molar-refractivity contribution in [1.29, 1.82) is 0 Å². The zero-order chi connectivity index (χ0) is 14.5. The fourth-order valence-electron chi connectivity index (χ4n) is 1.71. The lowest BCUT2D eigenvalue weighted by Crippen LogP contribution is -2.11. The van der Waals surface area contributed by atoms with Crippen LogP contribution in [0.15, 0.2) is 42.5 Å². The first-order chi connectivity index (χ1) is 9.63. The molecule has 0 aromatic heterocycles. The maximum atomic E-state index is 5.86. The highest BCUT2D eigenvalue weighted by atomic mass is 35.5. The molecule has 5 heteroatoms. The third-order valence-electron chi connectivity index (χ3n) is 2.76. The molecule has 0 spiro atoms. The van der Waals surface area contributed by atoms with Gasteiger partial charge in [0, 0.05) is 16.7 Å². The fraction of sp³-hybridized carbons (Fsp3) is 0.133. The van der Waals surface area contributed by atoms with Crippen LogP contribution in [0.3, 0.4) is 0 Å². The molecule has 104 valence electrons. The Labute approximate surface area is 128 Å². The average Bonchev–Trinajstić information content (AvgIpc) is 2.47. The van der Waals surface area contributed by atoms with Crippen LogP contribution in [0, 0.1) is 0 Å². The first kappa shape index (κ1) is 14.6. The van der Waals surface area contributed by atoms with Gasteiger partial charge < -0.3 is 14.8 Å². The number of anilines is 1. The lowest BCUT2D eigenvalue weighted by molar-refractivity contribution is 0.405. The summed E-state index contributed by atoms with van der Waals surface area (Å²) in [6.07, 6.45) is 0. The van der Waals surface area contributed by atoms with Crippen LogP contribution in [-0.2, 0) is 0 Å². The molecule has 0 fully saturated rings. The summed E-state index contributed by atoms with van der Waals surface area (Å²) in [6, 6.07) is 12.8. The van der Waals surface area contributed by atoms with Gasteiger partial charge in [-0.15, -0.1) is 0 Å². The van der Waals surface area contributed by atoms with Gasteiger partial charge in [-0.1, -0.05) is 36.0 Å². The average molecular weight is 308 g/mol. The second-order valence-corrected chi connectivity index (χ2v) is 4.87. The molecule has 0 saturated heterocycles. The number of rotatable bonds is 4. The van der Waals surface area contributed by atoms with E-state index in [2.05, 4.69) is 5.32 Å². The molecule has 0 radical (unpaired) electrons. The second-order valence-electron chi connectivity index (χ2n) is 4.03. The van der Waals surface area contributed by atoms with E-state index < -0.39 is 0 Å². The Morgan fingerprint density at radius 2 is 1.75 bits per heavy atom. The highest BCUT2D eigenvalue weighted by Gasteiger charge is 2.08. The Bertz CT molecular complexity index is 614. The van der Waals surface area contributed by atoms with Crippen molar-refractivity contribution in [1.82, 2.24) is 0 Å². The van der Waals surface area contributed by atoms with Crippen LogP contribution in [0.25, 0.3) is 0 Å². The lowest BCUT2D eigenvalue weighted by Gasteiger charge is -2.13. The Kier molecular flexibility index (Phi) is 4.82. The highest BCUT2D eigenvalue weighted by molar-refractivity contribution is 7.81. The standard InChI is InChI=1S/C15H14ClNO2S/c1-18-12-7-8-14(19-2)13(9-12)17-15(20)10-3-5-11(16)6-4-10/h3-9H,1-2H3,(H,17,20). The number of nitrogens with one attached hydrogen (secondary N) is 1. The highest BCUT2D eigenvalue weighted by Crippen LogP contribution is 2.29. The van der Waals surface area contributed by atoms with Crippen LogP contribution in [0.2, 0.25) is 5.02 Å². The van der Waals surface area contributed by atoms with Crippen LogP contribution in [-0.4, -0.2) is 19.2 Å². The third kappa shape index (κ3) is 3.40. The van der Waals surface area contributed by atoms with E-state index in [1.165, 1.54) is 0 Å². The molecular formula is C15H14ClNO2S. The van der Waals surface area contributed by atoms with Crippen molar-refractivity contribution >= 4 is 34.5 Å². The molecular weight excluding hydrogens is 294 g/mol. The summed E-state index contributed by atoms with van der Waals surface area (Å²) in [7, 11) is 3.22. The van der Waals surface area contributed by atoms with Crippen LogP contribution >= 0.6 is 23.8 Å². The SMILES string of the molecule is COc1ccc(OC)c(NC(=S)c2ccc(Cl)cc2)c1. The van der Waals surface area contributed by atoms with E-state index in [0.717, 1.165) is 17.0 Å². The largest absolute Gasteiger partial charge is 0.497 e. The maximum absolute atomic E-state index is 5.86. The van der Waals surface area contributed by atoms with E-state index in [1.54, 1.807) is 26.4 Å². The van der Waals surface area contributed by atoms with Crippen molar-refractivity contribution in [2.45, 2.75) is 0 Å². The zero-order valence-electron chi connectivity index (χ0n) is 11.1. The predicted octanol–water partition coefficient (Wildman–Crippen LogP) is 4.14. The molecule has 2 aromatic rings. The van der Waals surface area contributed by atoms with Crippen molar-refractivity contribution in [3.05, 3.63) is 53.1 Å².